The van der Waals surface area contributed by atoms with Crippen LogP contribution in [0.3, 0.4) is 0 Å². The number of rotatable bonds is 3. The van der Waals surface area contributed by atoms with Crippen LogP contribution in [0, 0.1) is 24.1 Å². The maximum atomic E-state index is 13.8. The van der Waals surface area contributed by atoms with Gasteiger partial charge >= 0.3 is 0 Å². The summed E-state index contributed by atoms with van der Waals surface area (Å²) in [5.41, 5.74) is 5.73. The smallest absolute Gasteiger partial charge is 0.267 e. The van der Waals surface area contributed by atoms with Crippen molar-refractivity contribution in [2.75, 3.05) is 10.5 Å². The molecule has 0 aliphatic heterocycles. The van der Waals surface area contributed by atoms with Gasteiger partial charge in [0.25, 0.3) is 10.0 Å². The Balaban J connectivity index is 2.45. The topological polar surface area (TPSA) is 114 Å². The van der Waals surface area contributed by atoms with Gasteiger partial charge < -0.3 is 5.73 Å². The number of nitrogens with one attached hydrogen (secondary N) is 1. The van der Waals surface area contributed by atoms with Crippen molar-refractivity contribution in [3.8, 4) is 6.07 Å². The Morgan fingerprint density at radius 1 is 1.48 bits per heavy atom. The maximum absolute atomic E-state index is 13.8. The van der Waals surface area contributed by atoms with Gasteiger partial charge in [0, 0.05) is 7.05 Å². The second-order valence-corrected chi connectivity index (χ2v) is 5.95. The minimum atomic E-state index is -4.08. The number of aryl methyl sites for hydroxylation is 1. The number of nitriles is 1. The van der Waals surface area contributed by atoms with E-state index in [0.29, 0.717) is 5.69 Å². The monoisotopic (exact) mass is 309 g/mol. The van der Waals surface area contributed by atoms with Gasteiger partial charge in [-0.2, -0.15) is 10.4 Å². The van der Waals surface area contributed by atoms with Gasteiger partial charge in [0.05, 0.1) is 23.0 Å². The predicted molar refractivity (Wildman–Crippen MR) is 74.3 cm³/mol. The summed E-state index contributed by atoms with van der Waals surface area (Å²) < 4.78 is 41.8. The van der Waals surface area contributed by atoms with Crippen LogP contribution in [0.25, 0.3) is 0 Å². The number of sulfonamides is 1. The van der Waals surface area contributed by atoms with E-state index in [9.17, 15) is 12.8 Å². The molecule has 0 unspecified atom stereocenters. The molecular formula is C12H12FN5O2S. The molecule has 0 aliphatic rings. The lowest BCUT2D eigenvalue weighted by molar-refractivity contribution is 0.597. The van der Waals surface area contributed by atoms with Crippen molar-refractivity contribution < 1.29 is 12.8 Å². The normalized spacial score (nSPS) is 11.1. The van der Waals surface area contributed by atoms with E-state index in [2.05, 4.69) is 9.82 Å². The Morgan fingerprint density at radius 3 is 2.62 bits per heavy atom. The van der Waals surface area contributed by atoms with E-state index < -0.39 is 15.8 Å². The average Bonchev–Trinajstić information content (AvgIpc) is 2.66. The highest BCUT2D eigenvalue weighted by molar-refractivity contribution is 7.93. The molecule has 0 fully saturated rings. The fraction of sp³-hybridized carbons (Fsp3) is 0.167. The van der Waals surface area contributed by atoms with Crippen LogP contribution in [0.1, 0.15) is 11.3 Å². The van der Waals surface area contributed by atoms with Crippen LogP contribution >= 0.6 is 0 Å². The number of benzene rings is 1. The molecule has 21 heavy (non-hydrogen) atoms. The lowest BCUT2D eigenvalue weighted by atomic mass is 10.2. The third kappa shape index (κ3) is 2.66. The van der Waals surface area contributed by atoms with Crippen molar-refractivity contribution in [3.63, 3.8) is 0 Å². The summed E-state index contributed by atoms with van der Waals surface area (Å²) in [5, 5.41) is 12.5. The number of nitrogens with zero attached hydrogens (tertiary/aromatic N) is 3. The first-order valence-electron chi connectivity index (χ1n) is 5.78. The summed E-state index contributed by atoms with van der Waals surface area (Å²) >= 11 is 0. The molecule has 2 aromatic rings. The van der Waals surface area contributed by atoms with Gasteiger partial charge in [-0.3, -0.25) is 9.40 Å². The minimum absolute atomic E-state index is 0.0903. The quantitative estimate of drug-likeness (QED) is 0.882. The average molecular weight is 309 g/mol. The van der Waals surface area contributed by atoms with Gasteiger partial charge in [-0.1, -0.05) is 0 Å². The van der Waals surface area contributed by atoms with E-state index in [1.807, 2.05) is 0 Å². The van der Waals surface area contributed by atoms with E-state index in [1.54, 1.807) is 13.1 Å². The predicted octanol–water partition coefficient (Wildman–Crippen LogP) is 1.12. The summed E-state index contributed by atoms with van der Waals surface area (Å²) in [4.78, 5) is -0.200. The Morgan fingerprint density at radius 2 is 2.14 bits per heavy atom. The molecule has 0 spiro atoms. The van der Waals surface area contributed by atoms with Crippen LogP contribution in [0.2, 0.25) is 0 Å². The first-order chi connectivity index (χ1) is 9.76. The first kappa shape index (κ1) is 14.8. The molecule has 9 heteroatoms. The number of hydrogen-bond donors (Lipinski definition) is 2. The number of nitrogens with two attached hydrogens (primary N) is 1. The zero-order valence-electron chi connectivity index (χ0n) is 11.3. The van der Waals surface area contributed by atoms with Crippen molar-refractivity contribution in [2.24, 2.45) is 7.05 Å². The number of hydrogen-bond acceptors (Lipinski definition) is 5. The SMILES string of the molecule is Cc1c(S(=O)(=O)Nc2ccc(C#N)cc2F)c(N)nn1C. The number of halogens is 1. The summed E-state index contributed by atoms with van der Waals surface area (Å²) in [6.45, 7) is 1.53. The highest BCUT2D eigenvalue weighted by atomic mass is 32.2. The van der Waals surface area contributed by atoms with E-state index in [1.165, 1.54) is 23.7 Å². The first-order valence-corrected chi connectivity index (χ1v) is 7.26. The van der Waals surface area contributed by atoms with Crippen LogP contribution < -0.4 is 10.5 Å². The minimum Gasteiger partial charge on any atom is -0.381 e. The van der Waals surface area contributed by atoms with E-state index in [4.69, 9.17) is 11.0 Å². The molecule has 0 saturated heterocycles. The van der Waals surface area contributed by atoms with Gasteiger partial charge in [-0.25, -0.2) is 12.8 Å². The summed E-state index contributed by atoms with van der Waals surface area (Å²) in [6.07, 6.45) is 0. The molecule has 0 saturated carbocycles. The highest BCUT2D eigenvalue weighted by Gasteiger charge is 2.25. The fourth-order valence-corrected chi connectivity index (χ4v) is 3.20. The molecule has 0 radical (unpaired) electrons. The van der Waals surface area contributed by atoms with Crippen molar-refractivity contribution in [2.45, 2.75) is 11.8 Å². The molecule has 0 atom stereocenters. The zero-order valence-corrected chi connectivity index (χ0v) is 12.1. The Labute approximate surface area is 120 Å². The highest BCUT2D eigenvalue weighted by Crippen LogP contribution is 2.25. The van der Waals surface area contributed by atoms with E-state index in [-0.39, 0.29) is 22.0 Å². The number of anilines is 2. The lowest BCUT2D eigenvalue weighted by Gasteiger charge is -2.09. The molecular weight excluding hydrogens is 297 g/mol. The molecule has 2 rings (SSSR count). The van der Waals surface area contributed by atoms with Crippen molar-refractivity contribution in [1.29, 1.82) is 5.26 Å². The van der Waals surface area contributed by atoms with Crippen LogP contribution in [0.4, 0.5) is 15.9 Å². The fourth-order valence-electron chi connectivity index (χ4n) is 1.81. The molecule has 7 nitrogen and oxygen atoms in total. The molecule has 0 aliphatic carbocycles. The maximum Gasteiger partial charge on any atom is 0.267 e. The molecule has 3 N–H and O–H groups in total. The number of aromatic nitrogens is 2. The van der Waals surface area contributed by atoms with Gasteiger partial charge in [0.2, 0.25) is 0 Å². The molecule has 0 bridgehead atoms. The largest absolute Gasteiger partial charge is 0.381 e. The van der Waals surface area contributed by atoms with Gasteiger partial charge in [0.1, 0.15) is 5.82 Å². The van der Waals surface area contributed by atoms with Gasteiger partial charge in [-0.05, 0) is 25.1 Å². The Hall–Kier alpha value is -2.60. The molecule has 1 aromatic heterocycles. The molecule has 0 amide bonds. The second kappa shape index (κ2) is 5.06. The van der Waals surface area contributed by atoms with Crippen molar-refractivity contribution in [3.05, 3.63) is 35.3 Å². The van der Waals surface area contributed by atoms with Crippen molar-refractivity contribution in [1.82, 2.24) is 9.78 Å². The van der Waals surface area contributed by atoms with Crippen LogP contribution in [0.5, 0.6) is 0 Å². The third-order valence-corrected chi connectivity index (χ3v) is 4.45. The zero-order chi connectivity index (χ0) is 15.8. The Bertz CT molecular complexity index is 851. The Kier molecular flexibility index (Phi) is 3.57. The lowest BCUT2D eigenvalue weighted by Crippen LogP contribution is -2.16. The summed E-state index contributed by atoms with van der Waals surface area (Å²) in [5.74, 6) is -1.02. The summed E-state index contributed by atoms with van der Waals surface area (Å²) in [7, 11) is -2.53. The molecule has 110 valence electrons. The number of nitrogen functional groups attached to an aromatic ring is 1. The van der Waals surface area contributed by atoms with E-state index in [0.717, 1.165) is 6.07 Å². The third-order valence-electron chi connectivity index (χ3n) is 2.92. The van der Waals surface area contributed by atoms with Crippen molar-refractivity contribution >= 4 is 21.5 Å². The van der Waals surface area contributed by atoms with Crippen LogP contribution in [-0.2, 0) is 17.1 Å². The van der Waals surface area contributed by atoms with E-state index >= 15 is 0 Å². The molecule has 1 heterocycles. The molecule has 1 aromatic carbocycles. The van der Waals surface area contributed by atoms with Gasteiger partial charge in [-0.15, -0.1) is 0 Å². The van der Waals surface area contributed by atoms with Gasteiger partial charge in [0.15, 0.2) is 10.7 Å². The van der Waals surface area contributed by atoms with Crippen LogP contribution in [0.15, 0.2) is 23.1 Å². The standard InChI is InChI=1S/C12H12FN5O2S/c1-7-11(12(15)16-18(7)2)21(19,20)17-10-4-3-8(6-14)5-9(10)13/h3-5,17H,1-2H3,(H2,15,16). The van der Waals surface area contributed by atoms with Crippen LogP contribution in [-0.4, -0.2) is 18.2 Å². The second-order valence-electron chi connectivity index (χ2n) is 4.34. The summed E-state index contributed by atoms with van der Waals surface area (Å²) in [6, 6.07) is 5.18.